The number of rotatable bonds is 7. The third-order valence-electron chi connectivity index (χ3n) is 5.00. The fourth-order valence-electron chi connectivity index (χ4n) is 3.43. The van der Waals surface area contributed by atoms with E-state index in [1.165, 1.54) is 0 Å². The number of carbonyl (C=O) groups excluding carboxylic acids is 1. The standard InChI is InChI=1S/C21H21N3O4/c25-20(22-15-10-14(11-15)21(26)27)12-24-18-9-5-4-8-17(18)23-19(24)13-28-16-6-2-1-3-7-16/h1-9,14-15H,10-13H2,(H,22,25)(H,26,27). The van der Waals surface area contributed by atoms with Crippen molar-refractivity contribution in [2.24, 2.45) is 5.92 Å². The van der Waals surface area contributed by atoms with Gasteiger partial charge in [-0.25, -0.2) is 4.98 Å². The number of nitrogens with one attached hydrogen (secondary N) is 1. The average molecular weight is 379 g/mol. The van der Waals surface area contributed by atoms with Gasteiger partial charge in [0, 0.05) is 6.04 Å². The van der Waals surface area contributed by atoms with Crippen molar-refractivity contribution in [3.8, 4) is 5.75 Å². The molecule has 1 saturated carbocycles. The van der Waals surface area contributed by atoms with Crippen LogP contribution >= 0.6 is 0 Å². The van der Waals surface area contributed by atoms with E-state index in [1.807, 2.05) is 59.2 Å². The summed E-state index contributed by atoms with van der Waals surface area (Å²) in [5, 5.41) is 11.9. The average Bonchev–Trinajstić information content (AvgIpc) is 3.01. The molecule has 0 radical (unpaired) electrons. The summed E-state index contributed by atoms with van der Waals surface area (Å²) in [6, 6.07) is 17.0. The molecule has 0 spiro atoms. The van der Waals surface area contributed by atoms with Crippen molar-refractivity contribution in [1.29, 1.82) is 0 Å². The van der Waals surface area contributed by atoms with E-state index in [0.29, 0.717) is 18.7 Å². The smallest absolute Gasteiger partial charge is 0.306 e. The molecule has 1 aromatic heterocycles. The molecule has 0 aliphatic heterocycles. The van der Waals surface area contributed by atoms with Gasteiger partial charge in [-0.15, -0.1) is 0 Å². The Kier molecular flexibility index (Phi) is 4.97. The van der Waals surface area contributed by atoms with E-state index < -0.39 is 5.97 Å². The molecule has 2 N–H and O–H groups in total. The maximum absolute atomic E-state index is 12.5. The van der Waals surface area contributed by atoms with Crippen LogP contribution in [-0.2, 0) is 22.7 Å². The zero-order valence-electron chi connectivity index (χ0n) is 15.2. The molecule has 1 heterocycles. The van der Waals surface area contributed by atoms with Crippen LogP contribution in [0, 0.1) is 5.92 Å². The molecule has 2 aromatic carbocycles. The highest BCUT2D eigenvalue weighted by atomic mass is 16.5. The number of nitrogens with zero attached hydrogens (tertiary/aromatic N) is 2. The number of carbonyl (C=O) groups is 2. The van der Waals surface area contributed by atoms with Crippen LogP contribution in [0.3, 0.4) is 0 Å². The van der Waals surface area contributed by atoms with Gasteiger partial charge in [0.15, 0.2) is 0 Å². The molecule has 0 atom stereocenters. The van der Waals surface area contributed by atoms with Crippen LogP contribution in [0.15, 0.2) is 54.6 Å². The van der Waals surface area contributed by atoms with E-state index >= 15 is 0 Å². The third-order valence-corrected chi connectivity index (χ3v) is 5.00. The molecule has 0 unspecified atom stereocenters. The molecule has 7 heteroatoms. The third kappa shape index (κ3) is 3.83. The van der Waals surface area contributed by atoms with Crippen molar-refractivity contribution in [3.05, 3.63) is 60.4 Å². The van der Waals surface area contributed by atoms with Gasteiger partial charge < -0.3 is 19.7 Å². The molecular weight excluding hydrogens is 358 g/mol. The SMILES string of the molecule is O=C(Cn1c(COc2ccccc2)nc2ccccc21)NC1CC(C(=O)O)C1. The molecule has 1 aliphatic carbocycles. The van der Waals surface area contributed by atoms with Gasteiger partial charge in [0.25, 0.3) is 0 Å². The maximum Gasteiger partial charge on any atom is 0.306 e. The molecule has 0 saturated heterocycles. The minimum Gasteiger partial charge on any atom is -0.486 e. The summed E-state index contributed by atoms with van der Waals surface area (Å²) in [6.07, 6.45) is 0.964. The normalized spacial score (nSPS) is 18.4. The van der Waals surface area contributed by atoms with Gasteiger partial charge in [0.2, 0.25) is 5.91 Å². The van der Waals surface area contributed by atoms with Gasteiger partial charge in [-0.3, -0.25) is 9.59 Å². The predicted octanol–water partition coefficient (Wildman–Crippen LogP) is 2.59. The second kappa shape index (κ2) is 7.72. The number of carboxylic acids is 1. The summed E-state index contributed by atoms with van der Waals surface area (Å²) in [7, 11) is 0. The van der Waals surface area contributed by atoms with Gasteiger partial charge >= 0.3 is 5.97 Å². The number of hydrogen-bond acceptors (Lipinski definition) is 4. The number of ether oxygens (including phenoxy) is 1. The molecular formula is C21H21N3O4. The first kappa shape index (κ1) is 18.0. The van der Waals surface area contributed by atoms with Crippen molar-refractivity contribution < 1.29 is 19.4 Å². The molecule has 1 fully saturated rings. The van der Waals surface area contributed by atoms with Crippen molar-refractivity contribution in [2.75, 3.05) is 0 Å². The molecule has 3 aromatic rings. The summed E-state index contributed by atoms with van der Waals surface area (Å²) < 4.78 is 7.67. The van der Waals surface area contributed by atoms with E-state index in [1.54, 1.807) is 0 Å². The highest BCUT2D eigenvalue weighted by Crippen LogP contribution is 2.27. The lowest BCUT2D eigenvalue weighted by Gasteiger charge is -2.32. The van der Waals surface area contributed by atoms with Gasteiger partial charge in [-0.2, -0.15) is 0 Å². The number of hydrogen-bond donors (Lipinski definition) is 2. The van der Waals surface area contributed by atoms with E-state index in [4.69, 9.17) is 9.84 Å². The first-order chi connectivity index (χ1) is 13.6. The van der Waals surface area contributed by atoms with E-state index in [2.05, 4.69) is 10.3 Å². The van der Waals surface area contributed by atoms with Crippen LogP contribution in [0.4, 0.5) is 0 Å². The van der Waals surface area contributed by atoms with E-state index in [0.717, 1.165) is 16.8 Å². The number of para-hydroxylation sites is 3. The minimum atomic E-state index is -0.800. The van der Waals surface area contributed by atoms with Gasteiger partial charge in [0.1, 0.15) is 24.7 Å². The van der Waals surface area contributed by atoms with Crippen molar-refractivity contribution in [3.63, 3.8) is 0 Å². The number of benzene rings is 2. The highest BCUT2D eigenvalue weighted by Gasteiger charge is 2.35. The molecule has 7 nitrogen and oxygen atoms in total. The Morgan fingerprint density at radius 1 is 1.11 bits per heavy atom. The fourth-order valence-corrected chi connectivity index (χ4v) is 3.43. The highest BCUT2D eigenvalue weighted by molar-refractivity contribution is 5.81. The fraction of sp³-hybridized carbons (Fsp3) is 0.286. The Morgan fingerprint density at radius 2 is 1.82 bits per heavy atom. The predicted molar refractivity (Wildman–Crippen MR) is 103 cm³/mol. The van der Waals surface area contributed by atoms with Crippen molar-refractivity contribution >= 4 is 22.9 Å². The van der Waals surface area contributed by atoms with Crippen LogP contribution in [0.1, 0.15) is 18.7 Å². The molecule has 144 valence electrons. The summed E-state index contributed by atoms with van der Waals surface area (Å²) >= 11 is 0. The van der Waals surface area contributed by atoms with Crippen LogP contribution in [0.2, 0.25) is 0 Å². The van der Waals surface area contributed by atoms with Crippen LogP contribution in [-0.4, -0.2) is 32.6 Å². The van der Waals surface area contributed by atoms with Crippen molar-refractivity contribution in [1.82, 2.24) is 14.9 Å². The van der Waals surface area contributed by atoms with E-state index in [-0.39, 0.29) is 31.0 Å². The summed E-state index contributed by atoms with van der Waals surface area (Å²) in [6.45, 7) is 0.360. The second-order valence-corrected chi connectivity index (χ2v) is 6.98. The molecule has 28 heavy (non-hydrogen) atoms. The number of amides is 1. The van der Waals surface area contributed by atoms with Gasteiger partial charge in [-0.05, 0) is 37.1 Å². The second-order valence-electron chi connectivity index (χ2n) is 6.98. The molecule has 4 rings (SSSR count). The Labute approximate surface area is 162 Å². The van der Waals surface area contributed by atoms with Crippen LogP contribution < -0.4 is 10.1 Å². The summed E-state index contributed by atoms with van der Waals surface area (Å²) in [5.41, 5.74) is 1.66. The Morgan fingerprint density at radius 3 is 2.57 bits per heavy atom. The zero-order chi connectivity index (χ0) is 19.5. The molecule has 1 aliphatic rings. The summed E-state index contributed by atoms with van der Waals surface area (Å²) in [4.78, 5) is 28.0. The molecule has 1 amide bonds. The zero-order valence-corrected chi connectivity index (χ0v) is 15.2. The number of aromatic nitrogens is 2. The van der Waals surface area contributed by atoms with Crippen LogP contribution in [0.5, 0.6) is 5.75 Å². The van der Waals surface area contributed by atoms with Gasteiger partial charge in [-0.1, -0.05) is 30.3 Å². The topological polar surface area (TPSA) is 93.5 Å². The first-order valence-corrected chi connectivity index (χ1v) is 9.24. The first-order valence-electron chi connectivity index (χ1n) is 9.24. The Hall–Kier alpha value is -3.35. The van der Waals surface area contributed by atoms with Gasteiger partial charge in [0.05, 0.1) is 17.0 Å². The Bertz CT molecular complexity index is 993. The minimum absolute atomic E-state index is 0.0765. The lowest BCUT2D eigenvalue weighted by molar-refractivity contribution is -0.146. The monoisotopic (exact) mass is 379 g/mol. The number of carboxylic acid groups (broad SMARTS) is 1. The maximum atomic E-state index is 12.5. The summed E-state index contributed by atoms with van der Waals surface area (Å²) in [5.74, 6) is 0.0931. The lowest BCUT2D eigenvalue weighted by atomic mass is 9.80. The van der Waals surface area contributed by atoms with Crippen molar-refractivity contribution in [2.45, 2.75) is 32.0 Å². The largest absolute Gasteiger partial charge is 0.486 e. The number of imidazole rings is 1. The quantitative estimate of drug-likeness (QED) is 0.658. The number of aliphatic carboxylic acids is 1. The lowest BCUT2D eigenvalue weighted by Crippen LogP contribution is -2.47. The van der Waals surface area contributed by atoms with E-state index in [9.17, 15) is 9.59 Å². The van der Waals surface area contributed by atoms with Crippen LogP contribution in [0.25, 0.3) is 11.0 Å². The molecule has 0 bridgehead atoms. The Balaban J connectivity index is 1.47. The number of fused-ring (bicyclic) bond motifs is 1.